The van der Waals surface area contributed by atoms with Gasteiger partial charge in [0.2, 0.25) is 0 Å². The molecule has 1 nitrogen and oxygen atoms in total. The largest absolute Gasteiger partial charge is 0.265 e. The summed E-state index contributed by atoms with van der Waals surface area (Å²) in [5.74, 6) is 0. The van der Waals surface area contributed by atoms with E-state index in [-0.39, 0.29) is 0 Å². The summed E-state index contributed by atoms with van der Waals surface area (Å²) < 4.78 is 0. The highest BCUT2D eigenvalue weighted by Crippen LogP contribution is 2.36. The summed E-state index contributed by atoms with van der Waals surface area (Å²) in [5.41, 5.74) is 0.982. The van der Waals surface area contributed by atoms with Crippen molar-refractivity contribution in [2.75, 3.05) is 0 Å². The van der Waals surface area contributed by atoms with Gasteiger partial charge in [0, 0.05) is 12.4 Å². The van der Waals surface area contributed by atoms with Gasteiger partial charge in [-0.15, -0.1) is 0 Å². The van der Waals surface area contributed by atoms with Gasteiger partial charge in [-0.1, -0.05) is 51.3 Å². The average molecular weight is 219 g/mol. The zero-order chi connectivity index (χ0) is 10.7. The molecule has 0 radical (unpaired) electrons. The van der Waals surface area contributed by atoms with E-state index in [1.807, 2.05) is 6.20 Å². The van der Waals surface area contributed by atoms with Crippen molar-refractivity contribution in [1.82, 2.24) is 4.98 Å². The minimum atomic E-state index is -1.24. The third-order valence-corrected chi connectivity index (χ3v) is 8.43. The standard InChI is InChI=1S/C13H21NSi/c1-15(2,12-7-4-3-5-8-12)13-9-6-10-14-11-13/h6,9-12H,3-5,7-8H2,1-2H3. The highest BCUT2D eigenvalue weighted by molar-refractivity contribution is 6.90. The van der Waals surface area contributed by atoms with Crippen LogP contribution in [0.5, 0.6) is 0 Å². The second-order valence-electron chi connectivity index (χ2n) is 5.30. The van der Waals surface area contributed by atoms with E-state index in [4.69, 9.17) is 0 Å². The fourth-order valence-corrected chi connectivity index (χ4v) is 6.06. The van der Waals surface area contributed by atoms with E-state index in [2.05, 4.69) is 36.4 Å². The molecule has 1 saturated carbocycles. The number of hydrogen-bond acceptors (Lipinski definition) is 1. The molecule has 1 aliphatic carbocycles. The lowest BCUT2D eigenvalue weighted by molar-refractivity contribution is 0.494. The number of aromatic nitrogens is 1. The minimum absolute atomic E-state index is 0.982. The molecule has 15 heavy (non-hydrogen) atoms. The molecule has 0 atom stereocenters. The van der Waals surface area contributed by atoms with Crippen LogP contribution in [0.4, 0.5) is 0 Å². The van der Waals surface area contributed by atoms with Gasteiger partial charge in [0.05, 0.1) is 8.07 Å². The minimum Gasteiger partial charge on any atom is -0.265 e. The Morgan fingerprint density at radius 1 is 1.20 bits per heavy atom. The third kappa shape index (κ3) is 2.31. The smallest absolute Gasteiger partial charge is 0.0857 e. The number of nitrogens with zero attached hydrogens (tertiary/aromatic N) is 1. The molecular formula is C13H21NSi. The molecule has 2 rings (SSSR count). The molecule has 1 aromatic heterocycles. The lowest BCUT2D eigenvalue weighted by Crippen LogP contribution is -2.46. The summed E-state index contributed by atoms with van der Waals surface area (Å²) in [4.78, 5) is 4.28. The second-order valence-corrected chi connectivity index (χ2v) is 10.1. The highest BCUT2D eigenvalue weighted by Gasteiger charge is 2.34. The molecule has 0 bridgehead atoms. The van der Waals surface area contributed by atoms with Gasteiger partial charge in [0.25, 0.3) is 0 Å². The first-order valence-electron chi connectivity index (χ1n) is 6.12. The molecule has 1 fully saturated rings. The molecule has 0 saturated heterocycles. The van der Waals surface area contributed by atoms with E-state index in [1.165, 1.54) is 37.3 Å². The van der Waals surface area contributed by atoms with Gasteiger partial charge in [0.1, 0.15) is 0 Å². The summed E-state index contributed by atoms with van der Waals surface area (Å²) in [6.07, 6.45) is 11.2. The summed E-state index contributed by atoms with van der Waals surface area (Å²) in [7, 11) is -1.24. The monoisotopic (exact) mass is 219 g/mol. The van der Waals surface area contributed by atoms with Gasteiger partial charge in [-0.2, -0.15) is 0 Å². The Kier molecular flexibility index (Phi) is 3.25. The molecule has 2 heteroatoms. The Balaban J connectivity index is 2.18. The third-order valence-electron chi connectivity index (χ3n) is 4.03. The molecule has 1 aliphatic rings. The Morgan fingerprint density at radius 2 is 1.93 bits per heavy atom. The first-order valence-corrected chi connectivity index (χ1v) is 9.19. The van der Waals surface area contributed by atoms with Crippen molar-refractivity contribution >= 4 is 13.3 Å². The van der Waals surface area contributed by atoms with E-state index >= 15 is 0 Å². The molecule has 0 aliphatic heterocycles. The maximum atomic E-state index is 4.28. The number of rotatable bonds is 2. The van der Waals surface area contributed by atoms with Gasteiger partial charge in [-0.25, -0.2) is 0 Å². The van der Waals surface area contributed by atoms with E-state index in [9.17, 15) is 0 Å². The average Bonchev–Trinajstić information content (AvgIpc) is 2.31. The molecule has 0 spiro atoms. The molecule has 0 amide bonds. The Bertz CT molecular complexity index is 302. The highest BCUT2D eigenvalue weighted by atomic mass is 28.3. The summed E-state index contributed by atoms with van der Waals surface area (Å²) in [6, 6.07) is 4.38. The maximum absolute atomic E-state index is 4.28. The number of hydrogen-bond donors (Lipinski definition) is 0. The summed E-state index contributed by atoms with van der Waals surface area (Å²) in [5, 5.41) is 1.54. The van der Waals surface area contributed by atoms with Crippen LogP contribution >= 0.6 is 0 Å². The van der Waals surface area contributed by atoms with Crippen molar-refractivity contribution in [3.8, 4) is 0 Å². The molecule has 0 aromatic carbocycles. The van der Waals surface area contributed by atoms with Crippen molar-refractivity contribution < 1.29 is 0 Å². The molecule has 82 valence electrons. The van der Waals surface area contributed by atoms with Gasteiger partial charge in [-0.05, 0) is 16.8 Å². The maximum Gasteiger partial charge on any atom is 0.0857 e. The van der Waals surface area contributed by atoms with Crippen molar-refractivity contribution in [3.63, 3.8) is 0 Å². The summed E-state index contributed by atoms with van der Waals surface area (Å²) in [6.45, 7) is 5.03. The predicted molar refractivity (Wildman–Crippen MR) is 68.2 cm³/mol. The van der Waals surface area contributed by atoms with E-state index in [1.54, 1.807) is 0 Å². The molecular weight excluding hydrogens is 198 g/mol. The van der Waals surface area contributed by atoms with E-state index < -0.39 is 8.07 Å². The van der Waals surface area contributed by atoms with Crippen LogP contribution in [0.1, 0.15) is 32.1 Å². The topological polar surface area (TPSA) is 12.9 Å². The summed E-state index contributed by atoms with van der Waals surface area (Å²) >= 11 is 0. The van der Waals surface area contributed by atoms with Crippen molar-refractivity contribution in [2.24, 2.45) is 0 Å². The molecule has 0 unspecified atom stereocenters. The van der Waals surface area contributed by atoms with Crippen LogP contribution in [0.3, 0.4) is 0 Å². The van der Waals surface area contributed by atoms with Crippen molar-refractivity contribution in [1.29, 1.82) is 0 Å². The Hall–Kier alpha value is -0.633. The molecule has 1 aromatic rings. The van der Waals surface area contributed by atoms with E-state index in [0.717, 1.165) is 5.54 Å². The van der Waals surface area contributed by atoms with Crippen LogP contribution in [0.15, 0.2) is 24.5 Å². The van der Waals surface area contributed by atoms with E-state index in [0.29, 0.717) is 0 Å². The van der Waals surface area contributed by atoms with Crippen LogP contribution in [-0.2, 0) is 0 Å². The van der Waals surface area contributed by atoms with Crippen LogP contribution in [0.2, 0.25) is 18.6 Å². The van der Waals surface area contributed by atoms with Crippen LogP contribution in [0.25, 0.3) is 0 Å². The fraction of sp³-hybridized carbons (Fsp3) is 0.615. The van der Waals surface area contributed by atoms with Crippen LogP contribution in [0, 0.1) is 0 Å². The van der Waals surface area contributed by atoms with Gasteiger partial charge < -0.3 is 0 Å². The fourth-order valence-electron chi connectivity index (χ4n) is 2.80. The lowest BCUT2D eigenvalue weighted by atomic mass is 10.0. The zero-order valence-electron chi connectivity index (χ0n) is 9.87. The molecule has 1 heterocycles. The molecule has 0 N–H and O–H groups in total. The van der Waals surface area contributed by atoms with Crippen LogP contribution < -0.4 is 5.19 Å². The van der Waals surface area contributed by atoms with Gasteiger partial charge in [0.15, 0.2) is 0 Å². The first-order chi connectivity index (χ1) is 7.21. The first kappa shape index (κ1) is 10.9. The van der Waals surface area contributed by atoms with Crippen molar-refractivity contribution in [3.05, 3.63) is 24.5 Å². The van der Waals surface area contributed by atoms with Crippen molar-refractivity contribution in [2.45, 2.75) is 50.7 Å². The second kappa shape index (κ2) is 4.48. The van der Waals surface area contributed by atoms with Gasteiger partial charge >= 0.3 is 0 Å². The Morgan fingerprint density at radius 3 is 2.53 bits per heavy atom. The zero-order valence-corrected chi connectivity index (χ0v) is 10.9. The lowest BCUT2D eigenvalue weighted by Gasteiger charge is -2.35. The predicted octanol–water partition coefficient (Wildman–Crippen LogP) is 3.33. The normalized spacial score (nSPS) is 19.1. The SMILES string of the molecule is C[Si](C)(c1cccnc1)C1CCCCC1. The number of pyridine rings is 1. The van der Waals surface area contributed by atoms with Gasteiger partial charge in [-0.3, -0.25) is 4.98 Å². The Labute approximate surface area is 93.9 Å². The van der Waals surface area contributed by atoms with Crippen LogP contribution in [-0.4, -0.2) is 13.1 Å². The quantitative estimate of drug-likeness (QED) is 0.695.